The minimum absolute atomic E-state index is 0.0440. The van der Waals surface area contributed by atoms with E-state index in [1.807, 2.05) is 66.9 Å². The molecule has 2 aromatic heterocycles. The molecule has 5 aromatic rings. The van der Waals surface area contributed by atoms with Crippen LogP contribution in [0.3, 0.4) is 0 Å². The first-order chi connectivity index (χ1) is 16.5. The minimum Gasteiger partial charge on any atom is -0.311 e. The van der Waals surface area contributed by atoms with E-state index in [0.717, 1.165) is 44.3 Å². The molecule has 0 amide bonds. The number of terminal acetylenes is 1. The molecule has 2 heterocycles. The number of benzene rings is 3. The maximum absolute atomic E-state index is 12.8. The molecule has 0 aliphatic carbocycles. The van der Waals surface area contributed by atoms with Gasteiger partial charge >= 0.3 is 0 Å². The van der Waals surface area contributed by atoms with Crippen molar-refractivity contribution in [3.05, 3.63) is 135 Å². The highest BCUT2D eigenvalue weighted by Crippen LogP contribution is 2.36. The summed E-state index contributed by atoms with van der Waals surface area (Å²) in [4.78, 5) is 17.1. The number of hydrogen-bond donors (Lipinski definition) is 0. The van der Waals surface area contributed by atoms with E-state index >= 15 is 0 Å². The Morgan fingerprint density at radius 1 is 0.912 bits per heavy atom. The lowest BCUT2D eigenvalue weighted by Gasteiger charge is -2.20. The van der Waals surface area contributed by atoms with Crippen LogP contribution in [-0.4, -0.2) is 9.55 Å². The molecule has 5 rings (SSSR count). The summed E-state index contributed by atoms with van der Waals surface area (Å²) in [7, 11) is 1.80. The van der Waals surface area contributed by atoms with Gasteiger partial charge in [0.15, 0.2) is 0 Å². The van der Waals surface area contributed by atoms with Crippen molar-refractivity contribution in [3.8, 4) is 23.5 Å². The van der Waals surface area contributed by atoms with E-state index in [1.54, 1.807) is 23.9 Å². The topological polar surface area (TPSA) is 34.9 Å². The Hall–Kier alpha value is -4.13. The normalized spacial score (nSPS) is 11.8. The summed E-state index contributed by atoms with van der Waals surface area (Å²) < 4.78 is 1.68. The molecule has 0 unspecified atom stereocenters. The number of pyridine rings is 2. The van der Waals surface area contributed by atoms with Gasteiger partial charge < -0.3 is 4.57 Å². The lowest BCUT2D eigenvalue weighted by molar-refractivity contribution is 0.904. The SMILES string of the molecule is C#Cc1cccc(-c2cc(=O)n(C)c3ccc([C@H](c4ccc(Cl)cc4)c4cccnc4)cc23)c1. The van der Waals surface area contributed by atoms with Gasteiger partial charge in [-0.15, -0.1) is 6.42 Å². The summed E-state index contributed by atoms with van der Waals surface area (Å²) in [6.45, 7) is 0. The second kappa shape index (κ2) is 9.02. The first kappa shape index (κ1) is 21.7. The van der Waals surface area contributed by atoms with Gasteiger partial charge in [-0.3, -0.25) is 9.78 Å². The fraction of sp³-hybridized carbons (Fsp3) is 0.0667. The van der Waals surface area contributed by atoms with Crippen LogP contribution in [0.4, 0.5) is 0 Å². The van der Waals surface area contributed by atoms with Crippen LogP contribution in [0.2, 0.25) is 5.02 Å². The Balaban J connectivity index is 1.78. The van der Waals surface area contributed by atoms with Gasteiger partial charge in [0.2, 0.25) is 0 Å². The molecule has 3 aromatic carbocycles. The number of aromatic nitrogens is 2. The van der Waals surface area contributed by atoms with Gasteiger partial charge in [0.05, 0.1) is 5.52 Å². The molecule has 164 valence electrons. The largest absolute Gasteiger partial charge is 0.311 e. The predicted molar refractivity (Wildman–Crippen MR) is 139 cm³/mol. The van der Waals surface area contributed by atoms with Gasteiger partial charge in [0.1, 0.15) is 0 Å². The van der Waals surface area contributed by atoms with Crippen molar-refractivity contribution in [2.24, 2.45) is 7.05 Å². The maximum Gasteiger partial charge on any atom is 0.251 e. The molecule has 0 aliphatic heterocycles. The molecule has 0 saturated heterocycles. The van der Waals surface area contributed by atoms with Gasteiger partial charge in [-0.2, -0.15) is 0 Å². The Bertz CT molecular complexity index is 1600. The van der Waals surface area contributed by atoms with Crippen LogP contribution in [0.15, 0.2) is 102 Å². The zero-order valence-electron chi connectivity index (χ0n) is 18.6. The summed E-state index contributed by atoms with van der Waals surface area (Å²) >= 11 is 6.17. The van der Waals surface area contributed by atoms with Gasteiger partial charge in [0, 0.05) is 47.4 Å². The first-order valence-corrected chi connectivity index (χ1v) is 11.3. The second-order valence-corrected chi connectivity index (χ2v) is 8.66. The zero-order valence-corrected chi connectivity index (χ0v) is 19.3. The van der Waals surface area contributed by atoms with Crippen LogP contribution in [0.5, 0.6) is 0 Å². The van der Waals surface area contributed by atoms with Crippen LogP contribution >= 0.6 is 11.6 Å². The summed E-state index contributed by atoms with van der Waals surface area (Å²) in [6.07, 6.45) is 9.30. The van der Waals surface area contributed by atoms with Crippen LogP contribution in [0, 0.1) is 12.3 Å². The highest BCUT2D eigenvalue weighted by Gasteiger charge is 2.19. The molecule has 0 N–H and O–H groups in total. The average molecular weight is 461 g/mol. The molecule has 0 fully saturated rings. The fourth-order valence-corrected chi connectivity index (χ4v) is 4.58. The van der Waals surface area contributed by atoms with Gasteiger partial charge in [0.25, 0.3) is 5.56 Å². The van der Waals surface area contributed by atoms with Crippen molar-refractivity contribution in [2.45, 2.75) is 5.92 Å². The molecule has 0 saturated carbocycles. The third-order valence-electron chi connectivity index (χ3n) is 6.17. The van der Waals surface area contributed by atoms with Crippen molar-refractivity contribution in [1.29, 1.82) is 0 Å². The van der Waals surface area contributed by atoms with E-state index in [-0.39, 0.29) is 11.5 Å². The minimum atomic E-state index is -0.0668. The monoisotopic (exact) mass is 460 g/mol. The van der Waals surface area contributed by atoms with Crippen LogP contribution in [-0.2, 0) is 7.05 Å². The third-order valence-corrected chi connectivity index (χ3v) is 6.42. The van der Waals surface area contributed by atoms with Gasteiger partial charge in [-0.05, 0) is 70.3 Å². The molecule has 3 nitrogen and oxygen atoms in total. The smallest absolute Gasteiger partial charge is 0.251 e. The number of rotatable bonds is 4. The molecule has 0 radical (unpaired) electrons. The van der Waals surface area contributed by atoms with Crippen molar-refractivity contribution in [1.82, 2.24) is 9.55 Å². The Morgan fingerprint density at radius 3 is 2.44 bits per heavy atom. The lowest BCUT2D eigenvalue weighted by Crippen LogP contribution is -2.16. The van der Waals surface area contributed by atoms with Crippen molar-refractivity contribution < 1.29 is 0 Å². The standard InChI is InChI=1S/C30H21ClN2O/c1-3-20-6-4-7-22(16-20)26-18-29(34)33(2)28-14-11-23(17-27(26)28)30(24-8-5-15-32-19-24)21-9-12-25(31)13-10-21/h1,4-19,30H,2H3/t30-/m0/s1. The van der Waals surface area contributed by atoms with E-state index in [0.29, 0.717) is 5.02 Å². The molecule has 0 aliphatic rings. The summed E-state index contributed by atoms with van der Waals surface area (Å²) in [5.74, 6) is 2.64. The number of hydrogen-bond acceptors (Lipinski definition) is 2. The molecular formula is C30H21ClN2O. The summed E-state index contributed by atoms with van der Waals surface area (Å²) in [5.41, 5.74) is 6.62. The van der Waals surface area contributed by atoms with Crippen molar-refractivity contribution >= 4 is 22.5 Å². The van der Waals surface area contributed by atoms with E-state index in [1.165, 1.54) is 0 Å². The summed E-state index contributed by atoms with van der Waals surface area (Å²) in [6, 6.07) is 27.6. The molecule has 0 spiro atoms. The summed E-state index contributed by atoms with van der Waals surface area (Å²) in [5, 5.41) is 1.68. The van der Waals surface area contributed by atoms with E-state index in [2.05, 4.69) is 29.1 Å². The molecule has 4 heteroatoms. The highest BCUT2D eigenvalue weighted by molar-refractivity contribution is 6.30. The van der Waals surface area contributed by atoms with E-state index < -0.39 is 0 Å². The predicted octanol–water partition coefficient (Wildman–Crippen LogP) is 6.42. The second-order valence-electron chi connectivity index (χ2n) is 8.23. The highest BCUT2D eigenvalue weighted by atomic mass is 35.5. The Kier molecular flexibility index (Phi) is 5.76. The quantitative estimate of drug-likeness (QED) is 0.290. The average Bonchev–Trinajstić information content (AvgIpc) is 2.88. The molecule has 1 atom stereocenters. The number of aryl methyl sites for hydroxylation is 1. The number of fused-ring (bicyclic) bond motifs is 1. The third kappa shape index (κ3) is 4.01. The number of nitrogens with zero attached hydrogens (tertiary/aromatic N) is 2. The van der Waals surface area contributed by atoms with Gasteiger partial charge in [-0.25, -0.2) is 0 Å². The molecule has 34 heavy (non-hydrogen) atoms. The zero-order chi connectivity index (χ0) is 23.7. The van der Waals surface area contributed by atoms with Crippen LogP contribution in [0.25, 0.3) is 22.0 Å². The lowest BCUT2D eigenvalue weighted by atomic mass is 9.84. The Morgan fingerprint density at radius 2 is 1.71 bits per heavy atom. The van der Waals surface area contributed by atoms with Crippen molar-refractivity contribution in [3.63, 3.8) is 0 Å². The number of halogens is 1. The van der Waals surface area contributed by atoms with E-state index in [4.69, 9.17) is 18.0 Å². The maximum atomic E-state index is 12.8. The van der Waals surface area contributed by atoms with Crippen molar-refractivity contribution in [2.75, 3.05) is 0 Å². The Labute approximate surface area is 203 Å². The van der Waals surface area contributed by atoms with E-state index in [9.17, 15) is 4.79 Å². The molecule has 0 bridgehead atoms. The molecular weight excluding hydrogens is 440 g/mol. The van der Waals surface area contributed by atoms with Gasteiger partial charge in [-0.1, -0.05) is 53.9 Å². The van der Waals surface area contributed by atoms with Crippen LogP contribution in [0.1, 0.15) is 28.2 Å². The fourth-order valence-electron chi connectivity index (χ4n) is 4.45. The first-order valence-electron chi connectivity index (χ1n) is 10.9. The van der Waals surface area contributed by atoms with Crippen LogP contribution < -0.4 is 5.56 Å².